The number of unbranched alkanes of at least 4 members (excludes halogenated alkanes) is 2. The Morgan fingerprint density at radius 2 is 2.00 bits per heavy atom. The van der Waals surface area contributed by atoms with Gasteiger partial charge in [0.05, 0.1) is 4.92 Å². The lowest BCUT2D eigenvalue weighted by Gasteiger charge is -2.29. The zero-order chi connectivity index (χ0) is 22.5. The Hall–Kier alpha value is -2.88. The molecule has 0 saturated carbocycles. The van der Waals surface area contributed by atoms with Crippen LogP contribution in [0.25, 0.3) is 0 Å². The van der Waals surface area contributed by atoms with Crippen molar-refractivity contribution in [1.29, 1.82) is 0 Å². The first-order valence-corrected chi connectivity index (χ1v) is 9.93. The maximum absolute atomic E-state index is 12.3. The molecule has 1 amide bonds. The Morgan fingerprint density at radius 3 is 2.57 bits per heavy atom. The lowest BCUT2D eigenvalue weighted by Crippen LogP contribution is -2.37. The van der Waals surface area contributed by atoms with Crippen molar-refractivity contribution in [2.24, 2.45) is 0 Å². The highest BCUT2D eigenvalue weighted by atomic mass is 35.5. The first kappa shape index (κ1) is 25.2. The molecule has 11 heteroatoms. The third-order valence-corrected chi connectivity index (χ3v) is 4.32. The Balaban J connectivity index is 2.75. The van der Waals surface area contributed by atoms with Gasteiger partial charge in [0.1, 0.15) is 5.15 Å². The van der Waals surface area contributed by atoms with Crippen LogP contribution in [0.3, 0.4) is 0 Å². The fourth-order valence-corrected chi connectivity index (χ4v) is 2.59. The van der Waals surface area contributed by atoms with Crippen molar-refractivity contribution in [2.75, 3.05) is 20.4 Å². The largest absolute Gasteiger partial charge is 0.428 e. The van der Waals surface area contributed by atoms with Gasteiger partial charge in [-0.05, 0) is 25.0 Å². The van der Waals surface area contributed by atoms with Crippen molar-refractivity contribution in [3.05, 3.63) is 51.2 Å². The van der Waals surface area contributed by atoms with E-state index in [4.69, 9.17) is 21.1 Å². The molecule has 0 aromatic carbocycles. The molecule has 0 aliphatic carbocycles. The van der Waals surface area contributed by atoms with E-state index in [2.05, 4.69) is 4.98 Å². The van der Waals surface area contributed by atoms with Crippen LogP contribution in [-0.4, -0.2) is 52.2 Å². The van der Waals surface area contributed by atoms with Crippen LogP contribution in [0.5, 0.6) is 0 Å². The van der Waals surface area contributed by atoms with E-state index in [0.29, 0.717) is 24.3 Å². The lowest BCUT2D eigenvalue weighted by molar-refractivity contribution is -0.405. The molecule has 1 heterocycles. The van der Waals surface area contributed by atoms with Gasteiger partial charge < -0.3 is 14.4 Å². The van der Waals surface area contributed by atoms with Gasteiger partial charge in [-0.15, -0.1) is 0 Å². The minimum absolute atomic E-state index is 0.0109. The average molecular weight is 443 g/mol. The number of nitro groups is 1. The number of nitrogens with zero attached hydrogens (tertiary/aromatic N) is 4. The van der Waals surface area contributed by atoms with Crippen molar-refractivity contribution in [3.8, 4) is 0 Å². The van der Waals surface area contributed by atoms with Crippen molar-refractivity contribution >= 4 is 23.7 Å². The minimum atomic E-state index is -0.892. The quantitative estimate of drug-likeness (QED) is 0.120. The zero-order valence-electron chi connectivity index (χ0n) is 17.4. The summed E-state index contributed by atoms with van der Waals surface area (Å²) in [5, 5.41) is 11.4. The second kappa shape index (κ2) is 13.4. The molecule has 0 N–H and O–H groups in total. The summed E-state index contributed by atoms with van der Waals surface area (Å²) in [4.78, 5) is 40.9. The molecule has 1 rings (SSSR count). The van der Waals surface area contributed by atoms with Crippen LogP contribution in [-0.2, 0) is 20.8 Å². The predicted molar refractivity (Wildman–Crippen MR) is 110 cm³/mol. The number of ether oxygens (including phenoxy) is 2. The van der Waals surface area contributed by atoms with E-state index in [1.165, 1.54) is 7.05 Å². The van der Waals surface area contributed by atoms with E-state index in [1.54, 1.807) is 30.2 Å². The van der Waals surface area contributed by atoms with E-state index >= 15 is 0 Å². The van der Waals surface area contributed by atoms with Crippen molar-refractivity contribution in [3.63, 3.8) is 0 Å². The number of amides is 1. The number of pyridine rings is 1. The monoisotopic (exact) mass is 442 g/mol. The Bertz CT molecular complexity index is 741. The molecule has 0 atom stereocenters. The number of halogens is 1. The first-order chi connectivity index (χ1) is 14.3. The molecule has 166 valence electrons. The second-order valence-electron chi connectivity index (χ2n) is 6.34. The highest BCUT2D eigenvalue weighted by molar-refractivity contribution is 6.29. The van der Waals surface area contributed by atoms with Crippen LogP contribution < -0.4 is 0 Å². The average Bonchev–Trinajstić information content (AvgIpc) is 2.71. The smallest absolute Gasteiger partial charge is 0.418 e. The highest BCUT2D eigenvalue weighted by Gasteiger charge is 2.23. The first-order valence-electron chi connectivity index (χ1n) is 9.55. The second-order valence-corrected chi connectivity index (χ2v) is 6.72. The normalized spacial score (nSPS) is 11.0. The number of carbonyl (C=O) groups excluding carboxylic acids is 2. The molecule has 0 radical (unpaired) electrons. The van der Waals surface area contributed by atoms with Crippen LogP contribution in [0.1, 0.15) is 45.1 Å². The third kappa shape index (κ3) is 9.08. The molecule has 10 nitrogen and oxygen atoms in total. The SMILES string of the molecule is CCCCCC(=O)OCOC(=O)N(C)/C(=C/[N+](=O)[O-])N(CC)Cc1ccc(Cl)nc1. The van der Waals surface area contributed by atoms with Gasteiger partial charge in [0, 0.05) is 32.8 Å². The molecule has 1 aromatic rings. The summed E-state index contributed by atoms with van der Waals surface area (Å²) < 4.78 is 9.80. The summed E-state index contributed by atoms with van der Waals surface area (Å²) in [5.74, 6) is -0.456. The van der Waals surface area contributed by atoms with Gasteiger partial charge in [0.15, 0.2) is 5.82 Å². The molecule has 0 bridgehead atoms. The third-order valence-electron chi connectivity index (χ3n) is 4.09. The predicted octanol–water partition coefficient (Wildman–Crippen LogP) is 3.78. The summed E-state index contributed by atoms with van der Waals surface area (Å²) in [6, 6.07) is 3.34. The van der Waals surface area contributed by atoms with Crippen LogP contribution in [0.2, 0.25) is 5.15 Å². The molecular formula is C19H27ClN4O6. The van der Waals surface area contributed by atoms with Crippen LogP contribution in [0.4, 0.5) is 4.79 Å². The molecule has 0 unspecified atom stereocenters. The molecule has 30 heavy (non-hydrogen) atoms. The van der Waals surface area contributed by atoms with Gasteiger partial charge in [-0.3, -0.25) is 19.8 Å². The van der Waals surface area contributed by atoms with E-state index in [0.717, 1.165) is 23.3 Å². The van der Waals surface area contributed by atoms with Crippen LogP contribution >= 0.6 is 11.6 Å². The Morgan fingerprint density at radius 1 is 1.27 bits per heavy atom. The maximum Gasteiger partial charge on any atom is 0.418 e. The number of hydrogen-bond donors (Lipinski definition) is 0. The molecule has 0 aliphatic heterocycles. The van der Waals surface area contributed by atoms with Crippen molar-refractivity contribution in [1.82, 2.24) is 14.8 Å². The van der Waals surface area contributed by atoms with Gasteiger partial charge >= 0.3 is 12.1 Å². The highest BCUT2D eigenvalue weighted by Crippen LogP contribution is 2.16. The van der Waals surface area contributed by atoms with Gasteiger partial charge in [0.2, 0.25) is 6.79 Å². The van der Waals surface area contributed by atoms with Gasteiger partial charge in [0.25, 0.3) is 6.20 Å². The Kier molecular flexibility index (Phi) is 11.2. The molecule has 0 aliphatic rings. The summed E-state index contributed by atoms with van der Waals surface area (Å²) in [6.07, 6.45) is 4.19. The lowest BCUT2D eigenvalue weighted by atomic mass is 10.2. The van der Waals surface area contributed by atoms with Gasteiger partial charge in [-0.2, -0.15) is 0 Å². The molecular weight excluding hydrogens is 416 g/mol. The zero-order valence-corrected chi connectivity index (χ0v) is 18.1. The molecule has 0 spiro atoms. The molecule has 0 fully saturated rings. The summed E-state index contributed by atoms with van der Waals surface area (Å²) in [5.41, 5.74) is 0.748. The summed E-state index contributed by atoms with van der Waals surface area (Å²) in [7, 11) is 1.34. The Labute approximate surface area is 180 Å². The maximum atomic E-state index is 12.3. The fourth-order valence-electron chi connectivity index (χ4n) is 2.48. The van der Waals surface area contributed by atoms with Crippen LogP contribution in [0.15, 0.2) is 30.4 Å². The number of esters is 1. The van der Waals surface area contributed by atoms with Gasteiger partial charge in [-0.1, -0.05) is 37.4 Å². The van der Waals surface area contributed by atoms with Crippen LogP contribution in [0, 0.1) is 10.1 Å². The minimum Gasteiger partial charge on any atom is -0.428 e. The van der Waals surface area contributed by atoms with Gasteiger partial charge in [-0.25, -0.2) is 9.78 Å². The van der Waals surface area contributed by atoms with Crippen molar-refractivity contribution < 1.29 is 24.0 Å². The number of carbonyl (C=O) groups is 2. The number of rotatable bonds is 12. The van der Waals surface area contributed by atoms with E-state index in [1.807, 2.05) is 6.92 Å². The summed E-state index contributed by atoms with van der Waals surface area (Å²) in [6.45, 7) is 3.86. The summed E-state index contributed by atoms with van der Waals surface area (Å²) >= 11 is 5.78. The molecule has 1 aromatic heterocycles. The van der Waals surface area contributed by atoms with E-state index < -0.39 is 23.8 Å². The van der Waals surface area contributed by atoms with Crippen molar-refractivity contribution in [2.45, 2.75) is 46.1 Å². The number of hydrogen-bond acceptors (Lipinski definition) is 8. The fraction of sp³-hybridized carbons (Fsp3) is 0.526. The standard InChI is InChI=1S/C19H27ClN4O6/c1-4-6-7-8-18(25)29-14-30-19(26)22(3)17(13-24(27)28)23(5-2)12-15-9-10-16(20)21-11-15/h9-11,13H,4-8,12,14H2,1-3H3/b17-13-. The van der Waals surface area contributed by atoms with E-state index in [9.17, 15) is 19.7 Å². The van der Waals surface area contributed by atoms with E-state index in [-0.39, 0.29) is 18.8 Å². The number of aromatic nitrogens is 1. The topological polar surface area (TPSA) is 115 Å². The molecule has 0 saturated heterocycles.